The van der Waals surface area contributed by atoms with E-state index >= 15 is 0 Å². The molecule has 0 atom stereocenters. The van der Waals surface area contributed by atoms with Gasteiger partial charge in [-0.05, 0) is 0 Å². The summed E-state index contributed by atoms with van der Waals surface area (Å²) >= 11 is 4.25. The molecule has 1 aromatic heterocycles. The fourth-order valence-electron chi connectivity index (χ4n) is 1.26. The van der Waals surface area contributed by atoms with E-state index < -0.39 is 0 Å². The van der Waals surface area contributed by atoms with Gasteiger partial charge in [0.25, 0.3) is 0 Å². The van der Waals surface area contributed by atoms with E-state index in [1.54, 1.807) is 6.20 Å². The SMILES string of the molecule is [Zn+][Br].[c-]1cccnc1N1CCOCC1. The van der Waals surface area contributed by atoms with E-state index in [2.05, 4.69) is 29.6 Å². The molecule has 2 rings (SSSR count). The van der Waals surface area contributed by atoms with E-state index in [4.69, 9.17) is 4.74 Å². The van der Waals surface area contributed by atoms with Crippen molar-refractivity contribution in [2.45, 2.75) is 0 Å². The maximum absolute atomic E-state index is 5.24. The van der Waals surface area contributed by atoms with Crippen LogP contribution in [0.15, 0.2) is 18.3 Å². The first-order chi connectivity index (χ1) is 6.97. The number of hydrogen-bond donors (Lipinski definition) is 0. The maximum Gasteiger partial charge on any atom is 0.0642 e. The summed E-state index contributed by atoms with van der Waals surface area (Å²) in [7, 11) is 0. The van der Waals surface area contributed by atoms with E-state index in [1.165, 1.54) is 16.3 Å². The molecule has 0 amide bonds. The molecule has 2 heterocycles. The molecule has 1 saturated heterocycles. The molecule has 1 aliphatic rings. The molecule has 0 saturated carbocycles. The number of hydrogen-bond acceptors (Lipinski definition) is 3. The number of anilines is 1. The second-order valence-corrected chi connectivity index (χ2v) is 2.70. The summed E-state index contributed by atoms with van der Waals surface area (Å²) in [4.78, 5) is 6.40. The van der Waals surface area contributed by atoms with Crippen molar-refractivity contribution in [1.29, 1.82) is 0 Å². The van der Waals surface area contributed by atoms with Gasteiger partial charge >= 0.3 is 30.0 Å². The van der Waals surface area contributed by atoms with Crippen LogP contribution in [0.25, 0.3) is 0 Å². The molecular weight excluding hydrogens is 297 g/mol. The molecule has 3 nitrogen and oxygen atoms in total. The molecule has 14 heavy (non-hydrogen) atoms. The minimum Gasteiger partial charge on any atom is -0.378 e. The van der Waals surface area contributed by atoms with Crippen molar-refractivity contribution in [2.24, 2.45) is 0 Å². The predicted octanol–water partition coefficient (Wildman–Crippen LogP) is 1.56. The molecule has 0 aliphatic carbocycles. The first kappa shape index (κ1) is 12.1. The van der Waals surface area contributed by atoms with Gasteiger partial charge in [0.15, 0.2) is 0 Å². The first-order valence-electron chi connectivity index (χ1n) is 4.39. The van der Waals surface area contributed by atoms with Gasteiger partial charge < -0.3 is 9.64 Å². The van der Waals surface area contributed by atoms with E-state index in [0.717, 1.165) is 32.1 Å². The van der Waals surface area contributed by atoms with Crippen molar-refractivity contribution in [3.63, 3.8) is 0 Å². The van der Waals surface area contributed by atoms with Crippen molar-refractivity contribution in [2.75, 3.05) is 31.2 Å². The van der Waals surface area contributed by atoms with E-state index in [-0.39, 0.29) is 0 Å². The first-order valence-corrected chi connectivity index (χ1v) is 11.3. The van der Waals surface area contributed by atoms with Gasteiger partial charge in [-0.15, -0.1) is 0 Å². The quantitative estimate of drug-likeness (QED) is 0.581. The topological polar surface area (TPSA) is 25.4 Å². The van der Waals surface area contributed by atoms with Crippen LogP contribution in [0, 0.1) is 6.07 Å². The Kier molecular flexibility index (Phi) is 6.32. The van der Waals surface area contributed by atoms with Crippen LogP contribution in [-0.4, -0.2) is 31.3 Å². The van der Waals surface area contributed by atoms with Crippen LogP contribution in [0.4, 0.5) is 5.82 Å². The minimum absolute atomic E-state index is 0.796. The monoisotopic (exact) mass is 306 g/mol. The van der Waals surface area contributed by atoms with Gasteiger partial charge in [0.05, 0.1) is 13.2 Å². The minimum atomic E-state index is 0.796. The number of aromatic nitrogens is 1. The second kappa shape index (κ2) is 7.32. The van der Waals surface area contributed by atoms with Crippen LogP contribution in [0.2, 0.25) is 0 Å². The summed E-state index contributed by atoms with van der Waals surface area (Å²) in [5.41, 5.74) is 0. The van der Waals surface area contributed by atoms with E-state index in [9.17, 15) is 0 Å². The summed E-state index contributed by atoms with van der Waals surface area (Å²) in [6.45, 7) is 3.44. The molecule has 0 radical (unpaired) electrons. The summed E-state index contributed by atoms with van der Waals surface area (Å²) < 4.78 is 5.24. The average Bonchev–Trinajstić information content (AvgIpc) is 2.34. The van der Waals surface area contributed by atoms with E-state index in [1.807, 2.05) is 12.1 Å². The summed E-state index contributed by atoms with van der Waals surface area (Å²) in [5, 5.41) is 0. The Morgan fingerprint density at radius 3 is 2.71 bits per heavy atom. The van der Waals surface area contributed by atoms with Crippen LogP contribution in [0.3, 0.4) is 0 Å². The molecule has 72 valence electrons. The molecule has 1 aliphatic heterocycles. The Bertz CT molecular complexity index is 242. The summed E-state index contributed by atoms with van der Waals surface area (Å²) in [5.74, 6) is 0.931. The molecule has 1 fully saturated rings. The van der Waals surface area contributed by atoms with Gasteiger partial charge in [-0.3, -0.25) is 4.98 Å². The van der Waals surface area contributed by atoms with Gasteiger partial charge in [0.1, 0.15) is 0 Å². The van der Waals surface area contributed by atoms with Crippen LogP contribution in [0.1, 0.15) is 0 Å². The van der Waals surface area contributed by atoms with Crippen LogP contribution >= 0.6 is 13.6 Å². The summed E-state index contributed by atoms with van der Waals surface area (Å²) in [6.07, 6.45) is 1.79. The van der Waals surface area contributed by atoms with Gasteiger partial charge in [-0.2, -0.15) is 6.07 Å². The smallest absolute Gasteiger partial charge is 0.0642 e. The predicted molar refractivity (Wildman–Crippen MR) is 55.0 cm³/mol. The zero-order chi connectivity index (χ0) is 10.2. The molecule has 5 heteroatoms. The molecule has 0 N–H and O–H groups in total. The zero-order valence-electron chi connectivity index (χ0n) is 7.95. The number of morpholine rings is 1. The largest absolute Gasteiger partial charge is 0.378 e. The third-order valence-electron chi connectivity index (χ3n) is 1.90. The number of pyridine rings is 1. The Balaban J connectivity index is 0.000000461. The molecule has 0 spiro atoms. The number of rotatable bonds is 1. The number of nitrogens with zero attached hydrogens (tertiary/aromatic N) is 2. The van der Waals surface area contributed by atoms with Crippen molar-refractivity contribution >= 4 is 19.4 Å². The zero-order valence-corrected chi connectivity index (χ0v) is 12.5. The Hall–Kier alpha value is 0.0134. The fraction of sp³-hybridized carbons (Fsp3) is 0.444. The van der Waals surface area contributed by atoms with Gasteiger partial charge in [0.2, 0.25) is 0 Å². The average molecular weight is 308 g/mol. The van der Waals surface area contributed by atoms with Gasteiger partial charge in [-0.25, -0.2) is 12.1 Å². The number of ether oxygens (including phenoxy) is 1. The third kappa shape index (κ3) is 3.64. The Morgan fingerprint density at radius 2 is 2.14 bits per heavy atom. The van der Waals surface area contributed by atoms with Crippen molar-refractivity contribution < 1.29 is 21.1 Å². The second-order valence-electron chi connectivity index (χ2n) is 2.70. The van der Waals surface area contributed by atoms with Crippen molar-refractivity contribution in [1.82, 2.24) is 4.98 Å². The molecule has 0 aromatic carbocycles. The van der Waals surface area contributed by atoms with Crippen molar-refractivity contribution in [3.05, 3.63) is 24.4 Å². The fourth-order valence-corrected chi connectivity index (χ4v) is 1.26. The molecule has 1 aromatic rings. The standard InChI is InChI=1S/C9H11N2O.BrH.Zn/c1-2-4-10-9(3-1)11-5-7-12-8-6-11;;/h1-2,4H,5-8H2;1H;/q-1;;+2/p-1. The van der Waals surface area contributed by atoms with Crippen LogP contribution < -0.4 is 4.90 Å². The molecule has 0 unspecified atom stereocenters. The van der Waals surface area contributed by atoms with Gasteiger partial charge in [0, 0.05) is 18.9 Å². The summed E-state index contributed by atoms with van der Waals surface area (Å²) in [6, 6.07) is 6.86. The number of halogens is 1. The Morgan fingerprint density at radius 1 is 1.43 bits per heavy atom. The molecular formula is C9H11BrN2OZn. The third-order valence-corrected chi connectivity index (χ3v) is 1.90. The van der Waals surface area contributed by atoms with E-state index in [0.29, 0.717) is 0 Å². The Labute approximate surface area is 101 Å². The molecule has 0 bridgehead atoms. The van der Waals surface area contributed by atoms with Crippen molar-refractivity contribution in [3.8, 4) is 0 Å². The van der Waals surface area contributed by atoms with Crippen LogP contribution in [0.5, 0.6) is 0 Å². The normalized spacial score (nSPS) is 15.8. The maximum atomic E-state index is 5.24. The van der Waals surface area contributed by atoms with Gasteiger partial charge in [-0.1, -0.05) is 6.20 Å². The van der Waals surface area contributed by atoms with Crippen LogP contribution in [-0.2, 0) is 21.1 Å².